The van der Waals surface area contributed by atoms with Gasteiger partial charge in [-0.1, -0.05) is 53.3 Å². The summed E-state index contributed by atoms with van der Waals surface area (Å²) in [5, 5.41) is 0.719. The van der Waals surface area contributed by atoms with Crippen LogP contribution in [0.4, 0.5) is 5.13 Å². The first-order valence-electron chi connectivity index (χ1n) is 9.63. The lowest BCUT2D eigenvalue weighted by molar-refractivity contribution is -0.118. The quantitative estimate of drug-likeness (QED) is 0.450. The maximum Gasteiger partial charge on any atom is 0.233 e. The first-order valence-corrected chi connectivity index (χ1v) is 10.4. The Bertz CT molecular complexity index is 1150. The van der Waals surface area contributed by atoms with Crippen molar-refractivity contribution in [3.63, 3.8) is 0 Å². The van der Waals surface area contributed by atoms with Gasteiger partial charge in [-0.25, -0.2) is 4.98 Å². The summed E-state index contributed by atoms with van der Waals surface area (Å²) in [5.41, 5.74) is 6.32. The van der Waals surface area contributed by atoms with Gasteiger partial charge < -0.3 is 0 Å². The molecule has 2 aromatic carbocycles. The Morgan fingerprint density at radius 1 is 1.00 bits per heavy atom. The molecular formula is C24H23N3OS. The van der Waals surface area contributed by atoms with E-state index in [2.05, 4.69) is 31.0 Å². The minimum atomic E-state index is 0.0212. The van der Waals surface area contributed by atoms with Crippen molar-refractivity contribution in [2.24, 2.45) is 0 Å². The van der Waals surface area contributed by atoms with Gasteiger partial charge in [-0.05, 0) is 55.7 Å². The van der Waals surface area contributed by atoms with E-state index in [9.17, 15) is 4.79 Å². The zero-order valence-electron chi connectivity index (χ0n) is 16.8. The fraction of sp³-hybridized carbons (Fsp3) is 0.208. The highest BCUT2D eigenvalue weighted by atomic mass is 32.1. The molecule has 0 radical (unpaired) electrons. The Kier molecular flexibility index (Phi) is 5.41. The van der Waals surface area contributed by atoms with Crippen LogP contribution in [0.3, 0.4) is 0 Å². The molecule has 0 aliphatic rings. The molecule has 0 atom stereocenters. The smallest absolute Gasteiger partial charge is 0.233 e. The molecule has 2 heterocycles. The zero-order valence-corrected chi connectivity index (χ0v) is 17.7. The predicted octanol–water partition coefficient (Wildman–Crippen LogP) is 5.39. The first-order chi connectivity index (χ1) is 14.0. The van der Waals surface area contributed by atoms with Crippen LogP contribution in [-0.4, -0.2) is 15.9 Å². The van der Waals surface area contributed by atoms with E-state index < -0.39 is 0 Å². The van der Waals surface area contributed by atoms with Gasteiger partial charge >= 0.3 is 0 Å². The van der Waals surface area contributed by atoms with Crippen molar-refractivity contribution in [3.05, 3.63) is 88.7 Å². The van der Waals surface area contributed by atoms with E-state index in [1.165, 1.54) is 11.1 Å². The fourth-order valence-corrected chi connectivity index (χ4v) is 4.52. The molecule has 29 heavy (non-hydrogen) atoms. The highest BCUT2D eigenvalue weighted by Crippen LogP contribution is 2.32. The maximum atomic E-state index is 13.3. The number of nitrogens with zero attached hydrogens (tertiary/aromatic N) is 3. The number of aromatic nitrogens is 2. The number of carbonyl (C=O) groups excluding carboxylic acids is 1. The van der Waals surface area contributed by atoms with Crippen molar-refractivity contribution < 1.29 is 4.79 Å². The molecule has 0 saturated heterocycles. The molecule has 0 saturated carbocycles. The number of anilines is 1. The van der Waals surface area contributed by atoms with E-state index in [1.54, 1.807) is 22.4 Å². The molecule has 5 heteroatoms. The van der Waals surface area contributed by atoms with Gasteiger partial charge in [0.2, 0.25) is 5.91 Å². The summed E-state index contributed by atoms with van der Waals surface area (Å²) >= 11 is 1.56. The molecule has 0 bridgehead atoms. The summed E-state index contributed by atoms with van der Waals surface area (Å²) in [6, 6.07) is 18.1. The van der Waals surface area contributed by atoms with Gasteiger partial charge in [-0.3, -0.25) is 14.7 Å². The lowest BCUT2D eigenvalue weighted by atomic mass is 10.1. The molecule has 0 spiro atoms. The maximum absolute atomic E-state index is 13.3. The summed E-state index contributed by atoms with van der Waals surface area (Å²) in [6.45, 7) is 6.60. The molecule has 0 aliphatic heterocycles. The minimum Gasteiger partial charge on any atom is -0.282 e. The Morgan fingerprint density at radius 3 is 2.52 bits per heavy atom. The number of hydrogen-bond donors (Lipinski definition) is 0. The molecular weight excluding hydrogens is 378 g/mol. The lowest BCUT2D eigenvalue weighted by Gasteiger charge is -2.19. The number of hydrogen-bond acceptors (Lipinski definition) is 4. The minimum absolute atomic E-state index is 0.0212. The third-order valence-electron chi connectivity index (χ3n) is 4.87. The fourth-order valence-electron chi connectivity index (χ4n) is 3.37. The van der Waals surface area contributed by atoms with Gasteiger partial charge in [0.1, 0.15) is 0 Å². The average molecular weight is 402 g/mol. The normalized spacial score (nSPS) is 11.0. The second kappa shape index (κ2) is 8.13. The van der Waals surface area contributed by atoms with Crippen molar-refractivity contribution in [1.29, 1.82) is 0 Å². The van der Waals surface area contributed by atoms with Gasteiger partial charge in [0.25, 0.3) is 0 Å². The number of rotatable bonds is 5. The molecule has 4 aromatic rings. The second-order valence-electron chi connectivity index (χ2n) is 7.39. The van der Waals surface area contributed by atoms with Crippen LogP contribution in [0.5, 0.6) is 0 Å². The van der Waals surface area contributed by atoms with Crippen molar-refractivity contribution in [2.75, 3.05) is 4.90 Å². The molecule has 0 fully saturated rings. The predicted molar refractivity (Wildman–Crippen MR) is 119 cm³/mol. The molecule has 2 aromatic heterocycles. The molecule has 0 N–H and O–H groups in total. The van der Waals surface area contributed by atoms with Crippen molar-refractivity contribution >= 4 is 32.6 Å². The monoisotopic (exact) mass is 401 g/mol. The number of pyridine rings is 1. The number of carbonyl (C=O) groups is 1. The standard InChI is InChI=1S/C24H23N3OS/c1-16-7-9-19(10-8-16)14-22(28)27(15-20-6-4-5-11-25-20)24-26-23-18(3)12-17(2)13-21(23)29-24/h4-13H,14-15H2,1-3H3. The van der Waals surface area contributed by atoms with Crippen molar-refractivity contribution in [2.45, 2.75) is 33.7 Å². The third kappa shape index (κ3) is 4.35. The molecule has 146 valence electrons. The van der Waals surface area contributed by atoms with E-state index in [0.29, 0.717) is 13.0 Å². The van der Waals surface area contributed by atoms with E-state index in [-0.39, 0.29) is 5.91 Å². The topological polar surface area (TPSA) is 46.1 Å². The average Bonchev–Trinajstić information content (AvgIpc) is 3.12. The number of benzene rings is 2. The third-order valence-corrected chi connectivity index (χ3v) is 5.90. The molecule has 1 amide bonds. The summed E-state index contributed by atoms with van der Waals surface area (Å²) in [6.07, 6.45) is 2.09. The number of thiazole rings is 1. The van der Waals surface area contributed by atoms with Crippen molar-refractivity contribution in [3.8, 4) is 0 Å². The SMILES string of the molecule is Cc1ccc(CC(=O)N(Cc2ccccn2)c2nc3c(C)cc(C)cc3s2)cc1. The van der Waals surface area contributed by atoms with Crippen LogP contribution in [0.25, 0.3) is 10.2 Å². The van der Waals surface area contributed by atoms with Crippen molar-refractivity contribution in [1.82, 2.24) is 9.97 Å². The van der Waals surface area contributed by atoms with Crippen LogP contribution in [-0.2, 0) is 17.8 Å². The Labute approximate surface area is 174 Å². The number of fused-ring (bicyclic) bond motifs is 1. The Morgan fingerprint density at radius 2 is 1.79 bits per heavy atom. The highest BCUT2D eigenvalue weighted by molar-refractivity contribution is 7.22. The van der Waals surface area contributed by atoms with E-state index in [4.69, 9.17) is 4.98 Å². The summed E-state index contributed by atoms with van der Waals surface area (Å²) in [5.74, 6) is 0.0212. The van der Waals surface area contributed by atoms with Gasteiger partial charge in [-0.2, -0.15) is 0 Å². The summed E-state index contributed by atoms with van der Waals surface area (Å²) in [4.78, 5) is 24.3. The van der Waals surface area contributed by atoms with Crippen LogP contribution in [0.1, 0.15) is 27.9 Å². The van der Waals surface area contributed by atoms with Gasteiger partial charge in [0.15, 0.2) is 5.13 Å². The van der Waals surface area contributed by atoms with Crippen LogP contribution in [0.15, 0.2) is 60.8 Å². The highest BCUT2D eigenvalue weighted by Gasteiger charge is 2.21. The largest absolute Gasteiger partial charge is 0.282 e. The number of amides is 1. The van der Waals surface area contributed by atoms with E-state index in [0.717, 1.165) is 32.2 Å². The molecule has 0 unspecified atom stereocenters. The first kappa shape index (κ1) is 19.3. The lowest BCUT2D eigenvalue weighted by Crippen LogP contribution is -2.32. The van der Waals surface area contributed by atoms with Crippen LogP contribution in [0, 0.1) is 20.8 Å². The molecule has 4 rings (SSSR count). The Hall–Kier alpha value is -3.05. The Balaban J connectivity index is 1.70. The van der Waals surface area contributed by atoms with Gasteiger partial charge in [-0.15, -0.1) is 0 Å². The van der Waals surface area contributed by atoms with Crippen LogP contribution >= 0.6 is 11.3 Å². The molecule has 0 aliphatic carbocycles. The number of aryl methyl sites for hydroxylation is 3. The second-order valence-corrected chi connectivity index (χ2v) is 8.40. The van der Waals surface area contributed by atoms with Gasteiger partial charge in [0, 0.05) is 6.20 Å². The van der Waals surface area contributed by atoms with Crippen LogP contribution in [0.2, 0.25) is 0 Å². The summed E-state index contributed by atoms with van der Waals surface area (Å²) < 4.78 is 1.10. The zero-order chi connectivity index (χ0) is 20.4. The molecule has 4 nitrogen and oxygen atoms in total. The van der Waals surface area contributed by atoms with E-state index >= 15 is 0 Å². The van der Waals surface area contributed by atoms with E-state index in [1.807, 2.05) is 49.4 Å². The van der Waals surface area contributed by atoms with Crippen LogP contribution < -0.4 is 4.90 Å². The summed E-state index contributed by atoms with van der Waals surface area (Å²) in [7, 11) is 0. The van der Waals surface area contributed by atoms with Gasteiger partial charge in [0.05, 0.1) is 28.9 Å².